The smallest absolute Gasteiger partial charge is 0.226 e. The van der Waals surface area contributed by atoms with Crippen molar-refractivity contribution in [3.05, 3.63) is 46.7 Å². The van der Waals surface area contributed by atoms with E-state index in [9.17, 15) is 4.79 Å². The van der Waals surface area contributed by atoms with Crippen molar-refractivity contribution in [3.63, 3.8) is 0 Å². The molecule has 1 amide bonds. The first kappa shape index (κ1) is 13.3. The van der Waals surface area contributed by atoms with Gasteiger partial charge in [-0.2, -0.15) is 5.10 Å². The molecule has 0 fully saturated rings. The van der Waals surface area contributed by atoms with Crippen LogP contribution in [0.1, 0.15) is 36.3 Å². The van der Waals surface area contributed by atoms with Crippen LogP contribution < -0.4 is 5.32 Å². The van der Waals surface area contributed by atoms with E-state index in [0.29, 0.717) is 12.2 Å². The summed E-state index contributed by atoms with van der Waals surface area (Å²) in [6.07, 6.45) is 1.22. The third-order valence-corrected chi connectivity index (χ3v) is 4.83. The van der Waals surface area contributed by atoms with Gasteiger partial charge in [0.1, 0.15) is 11.5 Å². The molecule has 6 heteroatoms. The maximum Gasteiger partial charge on any atom is 0.226 e. The monoisotopic (exact) mass is 313 g/mol. The third-order valence-electron chi connectivity index (χ3n) is 3.94. The molecule has 3 aromatic heterocycles. The Hall–Kier alpha value is -2.34. The molecule has 0 bridgehead atoms. The van der Waals surface area contributed by atoms with Crippen molar-refractivity contribution < 1.29 is 9.21 Å². The zero-order valence-corrected chi connectivity index (χ0v) is 12.9. The Balaban J connectivity index is 1.84. The van der Waals surface area contributed by atoms with E-state index in [4.69, 9.17) is 4.42 Å². The van der Waals surface area contributed by atoms with E-state index in [1.165, 1.54) is 0 Å². The fourth-order valence-corrected chi connectivity index (χ4v) is 3.61. The third kappa shape index (κ3) is 2.07. The molecule has 1 atom stereocenters. The minimum atomic E-state index is -0.0973. The topological polar surface area (TPSA) is 70.9 Å². The molecular formula is C16H15N3O2S. The molecule has 1 aliphatic rings. The standard InChI is InChI=1S/C16H15N3O2S/c1-2-9-5-6-11(21-9)10-8-13(20)17-16-14(10)15(18-19-16)12-4-3-7-22-12/h3-7,10H,2,8H2,1H3,(H2,17,18,19,20)/t10-/m0/s1. The summed E-state index contributed by atoms with van der Waals surface area (Å²) < 4.78 is 5.90. The maximum atomic E-state index is 12.0. The van der Waals surface area contributed by atoms with Gasteiger partial charge < -0.3 is 9.73 Å². The number of carbonyl (C=O) groups is 1. The number of carbonyl (C=O) groups excluding carboxylic acids is 1. The van der Waals surface area contributed by atoms with Crippen LogP contribution in [-0.4, -0.2) is 16.1 Å². The number of H-pyrrole nitrogens is 1. The summed E-state index contributed by atoms with van der Waals surface area (Å²) in [5.41, 5.74) is 1.98. The van der Waals surface area contributed by atoms with Gasteiger partial charge in [-0.1, -0.05) is 13.0 Å². The summed E-state index contributed by atoms with van der Waals surface area (Å²) in [5, 5.41) is 12.2. The SMILES string of the molecule is CCc1ccc([C@@H]2CC(=O)Nc3n[nH]c(-c4cccs4)c32)o1. The number of furan rings is 1. The van der Waals surface area contributed by atoms with E-state index in [-0.39, 0.29) is 11.8 Å². The van der Waals surface area contributed by atoms with Crippen molar-refractivity contribution in [2.75, 3.05) is 5.32 Å². The molecule has 0 spiro atoms. The number of rotatable bonds is 3. The minimum Gasteiger partial charge on any atom is -0.465 e. The number of nitrogens with one attached hydrogen (secondary N) is 2. The molecule has 0 radical (unpaired) electrons. The number of nitrogens with zero attached hydrogens (tertiary/aromatic N) is 1. The van der Waals surface area contributed by atoms with Crippen molar-refractivity contribution >= 4 is 23.1 Å². The average Bonchev–Trinajstić information content (AvgIpc) is 3.25. The molecule has 0 aliphatic carbocycles. The van der Waals surface area contributed by atoms with Gasteiger partial charge in [-0.15, -0.1) is 11.3 Å². The van der Waals surface area contributed by atoms with Gasteiger partial charge in [0.25, 0.3) is 0 Å². The van der Waals surface area contributed by atoms with Crippen LogP contribution in [0.3, 0.4) is 0 Å². The number of thiophene rings is 1. The van der Waals surface area contributed by atoms with Crippen molar-refractivity contribution in [1.82, 2.24) is 10.2 Å². The maximum absolute atomic E-state index is 12.0. The Morgan fingerprint density at radius 2 is 2.32 bits per heavy atom. The molecule has 22 heavy (non-hydrogen) atoms. The highest BCUT2D eigenvalue weighted by Crippen LogP contribution is 2.43. The second kappa shape index (κ2) is 5.14. The van der Waals surface area contributed by atoms with Gasteiger partial charge in [-0.05, 0) is 23.6 Å². The molecule has 0 saturated heterocycles. The Morgan fingerprint density at radius 3 is 3.05 bits per heavy atom. The minimum absolute atomic E-state index is 0.0313. The Kier molecular flexibility index (Phi) is 3.11. The molecule has 2 N–H and O–H groups in total. The molecular weight excluding hydrogens is 298 g/mol. The highest BCUT2D eigenvalue weighted by atomic mass is 32.1. The summed E-state index contributed by atoms with van der Waals surface area (Å²) in [7, 11) is 0. The first-order valence-electron chi connectivity index (χ1n) is 7.27. The second-order valence-corrected chi connectivity index (χ2v) is 6.25. The summed E-state index contributed by atoms with van der Waals surface area (Å²) in [6.45, 7) is 2.05. The van der Waals surface area contributed by atoms with Gasteiger partial charge in [0, 0.05) is 18.4 Å². The summed E-state index contributed by atoms with van der Waals surface area (Å²) in [5.74, 6) is 2.24. The van der Waals surface area contributed by atoms with E-state index < -0.39 is 0 Å². The summed E-state index contributed by atoms with van der Waals surface area (Å²) >= 11 is 1.65. The predicted molar refractivity (Wildman–Crippen MR) is 85.1 cm³/mol. The number of hydrogen-bond acceptors (Lipinski definition) is 4. The molecule has 5 nitrogen and oxygen atoms in total. The molecule has 1 aliphatic heterocycles. The van der Waals surface area contributed by atoms with Crippen molar-refractivity contribution in [1.29, 1.82) is 0 Å². The van der Waals surface area contributed by atoms with Crippen molar-refractivity contribution in [2.24, 2.45) is 0 Å². The Bertz CT molecular complexity index is 816. The molecule has 0 aromatic carbocycles. The van der Waals surface area contributed by atoms with Gasteiger partial charge in [0.15, 0.2) is 5.82 Å². The summed E-state index contributed by atoms with van der Waals surface area (Å²) in [4.78, 5) is 13.1. The quantitative estimate of drug-likeness (QED) is 0.773. The number of anilines is 1. The zero-order valence-electron chi connectivity index (χ0n) is 12.1. The number of hydrogen-bond donors (Lipinski definition) is 2. The van der Waals surface area contributed by atoms with E-state index >= 15 is 0 Å². The number of amides is 1. The lowest BCUT2D eigenvalue weighted by molar-refractivity contribution is -0.116. The molecule has 4 heterocycles. The van der Waals surface area contributed by atoms with Crippen molar-refractivity contribution in [2.45, 2.75) is 25.7 Å². The lowest BCUT2D eigenvalue weighted by atomic mass is 9.89. The zero-order chi connectivity index (χ0) is 15.1. The van der Waals surface area contributed by atoms with Crippen LogP contribution in [0.2, 0.25) is 0 Å². The number of aryl methyl sites for hydroxylation is 1. The highest BCUT2D eigenvalue weighted by Gasteiger charge is 2.34. The largest absolute Gasteiger partial charge is 0.465 e. The van der Waals surface area contributed by atoms with Crippen LogP contribution in [0, 0.1) is 0 Å². The van der Waals surface area contributed by atoms with Crippen LogP contribution in [0.25, 0.3) is 10.6 Å². The summed E-state index contributed by atoms with van der Waals surface area (Å²) in [6, 6.07) is 8.00. The first-order valence-corrected chi connectivity index (χ1v) is 8.14. The fourth-order valence-electron chi connectivity index (χ4n) is 2.88. The van der Waals surface area contributed by atoms with Crippen LogP contribution >= 0.6 is 11.3 Å². The molecule has 4 rings (SSSR count). The molecule has 0 saturated carbocycles. The average molecular weight is 313 g/mol. The van der Waals surface area contributed by atoms with Crippen LogP contribution in [0.4, 0.5) is 5.82 Å². The lowest BCUT2D eigenvalue weighted by Crippen LogP contribution is -2.23. The Labute approximate surface area is 131 Å². The number of fused-ring (bicyclic) bond motifs is 1. The van der Waals surface area contributed by atoms with Gasteiger partial charge in [0.2, 0.25) is 5.91 Å². The number of aromatic nitrogens is 2. The van der Waals surface area contributed by atoms with E-state index in [1.807, 2.05) is 29.6 Å². The van der Waals surface area contributed by atoms with Crippen LogP contribution in [0.15, 0.2) is 34.1 Å². The fraction of sp³-hybridized carbons (Fsp3) is 0.250. The van der Waals surface area contributed by atoms with E-state index in [0.717, 1.165) is 34.1 Å². The van der Waals surface area contributed by atoms with Gasteiger partial charge in [-0.3, -0.25) is 9.89 Å². The molecule has 3 aromatic rings. The van der Waals surface area contributed by atoms with Gasteiger partial charge in [0.05, 0.1) is 16.5 Å². The van der Waals surface area contributed by atoms with Crippen LogP contribution in [-0.2, 0) is 11.2 Å². The van der Waals surface area contributed by atoms with E-state index in [1.54, 1.807) is 11.3 Å². The number of aromatic amines is 1. The molecule has 112 valence electrons. The van der Waals surface area contributed by atoms with Crippen LogP contribution in [0.5, 0.6) is 0 Å². The lowest BCUT2D eigenvalue weighted by Gasteiger charge is -2.21. The normalized spacial score (nSPS) is 17.3. The van der Waals surface area contributed by atoms with Crippen molar-refractivity contribution in [3.8, 4) is 10.6 Å². The van der Waals surface area contributed by atoms with Gasteiger partial charge in [-0.25, -0.2) is 0 Å². The first-order chi connectivity index (χ1) is 10.8. The molecule has 0 unspecified atom stereocenters. The highest BCUT2D eigenvalue weighted by molar-refractivity contribution is 7.13. The second-order valence-electron chi connectivity index (χ2n) is 5.30. The van der Waals surface area contributed by atoms with E-state index in [2.05, 4.69) is 22.4 Å². The predicted octanol–water partition coefficient (Wildman–Crippen LogP) is 3.77. The van der Waals surface area contributed by atoms with Gasteiger partial charge >= 0.3 is 0 Å². The Morgan fingerprint density at radius 1 is 1.41 bits per heavy atom.